The van der Waals surface area contributed by atoms with Gasteiger partial charge in [-0.1, -0.05) is 51.1 Å². The molecule has 2 unspecified atom stereocenters. The van der Waals surface area contributed by atoms with Gasteiger partial charge in [0.25, 0.3) is 0 Å². The molecule has 0 radical (unpaired) electrons. The lowest BCUT2D eigenvalue weighted by Gasteiger charge is -2.50. The van der Waals surface area contributed by atoms with Gasteiger partial charge in [-0.25, -0.2) is 4.79 Å². The number of carbonyl (C=O) groups excluding carboxylic acids is 2. The third kappa shape index (κ3) is 5.45. The fourth-order valence-electron chi connectivity index (χ4n) is 8.08. The van der Waals surface area contributed by atoms with Crippen molar-refractivity contribution < 1.29 is 9.59 Å². The van der Waals surface area contributed by atoms with Crippen LogP contribution in [-0.4, -0.2) is 87.9 Å². The van der Waals surface area contributed by atoms with Gasteiger partial charge in [0.1, 0.15) is 0 Å². The van der Waals surface area contributed by atoms with Crippen LogP contribution in [0.2, 0.25) is 0 Å². The van der Waals surface area contributed by atoms with E-state index in [1.165, 1.54) is 18.4 Å². The van der Waals surface area contributed by atoms with E-state index in [1.54, 1.807) is 0 Å². The Balaban J connectivity index is 0.00000336. The van der Waals surface area contributed by atoms with Gasteiger partial charge in [0, 0.05) is 63.2 Å². The van der Waals surface area contributed by atoms with Gasteiger partial charge in [0.2, 0.25) is 5.91 Å². The summed E-state index contributed by atoms with van der Waals surface area (Å²) in [5.41, 5.74) is 1.35. The highest BCUT2D eigenvalue weighted by molar-refractivity contribution is 5.85. The van der Waals surface area contributed by atoms with Crippen LogP contribution < -0.4 is 0 Å². The Labute approximate surface area is 236 Å². The number of hydrogen-bond acceptors (Lipinski definition) is 3. The fourth-order valence-corrected chi connectivity index (χ4v) is 8.08. The Morgan fingerprint density at radius 3 is 2.24 bits per heavy atom. The second-order valence-corrected chi connectivity index (χ2v) is 13.8. The standard InChI is InChI=1S/C31H48N4O2.ClH/c1-7-32-21-31(35(22(2)3)29(32)37)15-25-13-14-26(16-31)34(25)19-24-18-33(28(36)17-30(4,5)6)20-27(24)23-11-9-8-10-12-23;/h8-12,22,24-27H,7,13-21H2,1-6H3;1H/t24-,25?,26?,27-,31?;/m1./s1. The zero-order valence-electron chi connectivity index (χ0n) is 24.4. The second-order valence-electron chi connectivity index (χ2n) is 13.8. The molecule has 1 spiro atoms. The minimum atomic E-state index is -0.0210. The molecular weight excluding hydrogens is 496 g/mol. The van der Waals surface area contributed by atoms with E-state index in [2.05, 4.69) is 91.5 Å². The Morgan fingerprint density at radius 2 is 1.68 bits per heavy atom. The van der Waals surface area contributed by atoms with E-state index >= 15 is 0 Å². The van der Waals surface area contributed by atoms with Crippen LogP contribution in [0.1, 0.15) is 85.1 Å². The molecule has 7 heteroatoms. The number of rotatable bonds is 6. The van der Waals surface area contributed by atoms with Crippen molar-refractivity contribution in [3.05, 3.63) is 35.9 Å². The second kappa shape index (κ2) is 11.0. The number of amides is 3. The zero-order chi connectivity index (χ0) is 26.5. The van der Waals surface area contributed by atoms with E-state index in [0.29, 0.717) is 36.2 Å². The zero-order valence-corrected chi connectivity index (χ0v) is 25.2. The highest BCUT2D eigenvalue weighted by atomic mass is 35.5. The molecule has 1 aromatic rings. The molecule has 4 saturated heterocycles. The van der Waals surface area contributed by atoms with Crippen molar-refractivity contribution in [2.24, 2.45) is 11.3 Å². The maximum atomic E-state index is 13.2. The van der Waals surface area contributed by atoms with Gasteiger partial charge < -0.3 is 14.7 Å². The molecule has 3 amide bonds. The molecular formula is C31H49ClN4O2. The lowest BCUT2D eigenvalue weighted by molar-refractivity contribution is -0.132. The Hall–Kier alpha value is -1.79. The molecule has 0 N–H and O–H groups in total. The molecule has 4 fully saturated rings. The number of hydrogen-bond donors (Lipinski definition) is 0. The number of nitrogens with zero attached hydrogens (tertiary/aromatic N) is 4. The first-order valence-corrected chi connectivity index (χ1v) is 14.7. The van der Waals surface area contributed by atoms with Crippen LogP contribution in [-0.2, 0) is 4.79 Å². The highest BCUT2D eigenvalue weighted by Gasteiger charge is 2.58. The molecule has 4 heterocycles. The lowest BCUT2D eigenvalue weighted by Crippen LogP contribution is -2.60. The third-order valence-corrected chi connectivity index (χ3v) is 9.52. The van der Waals surface area contributed by atoms with E-state index in [1.807, 2.05) is 0 Å². The third-order valence-electron chi connectivity index (χ3n) is 9.52. The van der Waals surface area contributed by atoms with Crippen molar-refractivity contribution in [2.45, 2.75) is 103 Å². The largest absolute Gasteiger partial charge is 0.342 e. The molecule has 1 aromatic carbocycles. The number of fused-ring (bicyclic) bond motifs is 2. The van der Waals surface area contributed by atoms with Crippen molar-refractivity contribution in [3.8, 4) is 0 Å². The normalized spacial score (nSPS) is 31.6. The van der Waals surface area contributed by atoms with Crippen LogP contribution >= 0.6 is 12.4 Å². The predicted octanol–water partition coefficient (Wildman–Crippen LogP) is 5.62. The van der Waals surface area contributed by atoms with E-state index in [4.69, 9.17) is 0 Å². The molecule has 212 valence electrons. The number of benzene rings is 1. The van der Waals surface area contributed by atoms with Gasteiger partial charge in [-0.3, -0.25) is 9.69 Å². The Morgan fingerprint density at radius 1 is 1.05 bits per heavy atom. The van der Waals surface area contributed by atoms with Crippen LogP contribution in [0.25, 0.3) is 0 Å². The maximum Gasteiger partial charge on any atom is 0.320 e. The molecule has 2 bridgehead atoms. The van der Waals surface area contributed by atoms with Gasteiger partial charge in [-0.2, -0.15) is 0 Å². The molecule has 4 aliphatic rings. The molecule has 0 saturated carbocycles. The van der Waals surface area contributed by atoms with Crippen LogP contribution in [0, 0.1) is 11.3 Å². The number of halogens is 1. The summed E-state index contributed by atoms with van der Waals surface area (Å²) < 4.78 is 0. The molecule has 38 heavy (non-hydrogen) atoms. The first-order chi connectivity index (χ1) is 17.5. The first-order valence-electron chi connectivity index (χ1n) is 14.7. The Kier molecular flexibility index (Phi) is 8.45. The van der Waals surface area contributed by atoms with E-state index in [0.717, 1.165) is 45.6 Å². The van der Waals surface area contributed by atoms with Crippen LogP contribution in [0.4, 0.5) is 4.79 Å². The fraction of sp³-hybridized carbons (Fsp3) is 0.742. The van der Waals surface area contributed by atoms with Gasteiger partial charge in [-0.15, -0.1) is 12.4 Å². The number of piperidine rings is 1. The monoisotopic (exact) mass is 544 g/mol. The topological polar surface area (TPSA) is 47.1 Å². The molecule has 0 aromatic heterocycles. The SMILES string of the molecule is CCN1CC2(CC3CCC(C2)N3C[C@H]2CN(C(=O)CC(C)(C)C)C[C@@H]2c2ccccc2)N(C(C)C)C1=O.Cl. The summed E-state index contributed by atoms with van der Waals surface area (Å²) in [6.45, 7) is 17.3. The van der Waals surface area contributed by atoms with Crippen molar-refractivity contribution >= 4 is 24.3 Å². The van der Waals surface area contributed by atoms with Crippen LogP contribution in [0.3, 0.4) is 0 Å². The molecule has 5 rings (SSSR count). The first kappa shape index (κ1) is 29.2. The number of likely N-dealkylation sites (tertiary alicyclic amines) is 1. The maximum absolute atomic E-state index is 13.2. The summed E-state index contributed by atoms with van der Waals surface area (Å²) in [6.07, 6.45) is 5.23. The smallest absolute Gasteiger partial charge is 0.320 e. The van der Waals surface area contributed by atoms with E-state index < -0.39 is 0 Å². The van der Waals surface area contributed by atoms with Gasteiger partial charge in [0.05, 0.1) is 5.54 Å². The highest BCUT2D eigenvalue weighted by Crippen LogP contribution is 2.48. The average molecular weight is 545 g/mol. The molecule has 0 aliphatic carbocycles. The van der Waals surface area contributed by atoms with Gasteiger partial charge in [-0.05, 0) is 63.4 Å². The van der Waals surface area contributed by atoms with Crippen molar-refractivity contribution in [3.63, 3.8) is 0 Å². The summed E-state index contributed by atoms with van der Waals surface area (Å²) in [5, 5.41) is 0. The lowest BCUT2D eigenvalue weighted by atomic mass is 9.80. The van der Waals surface area contributed by atoms with Gasteiger partial charge >= 0.3 is 6.03 Å². The number of urea groups is 1. The average Bonchev–Trinajstić information content (AvgIpc) is 3.44. The summed E-state index contributed by atoms with van der Waals surface area (Å²) >= 11 is 0. The molecule has 4 atom stereocenters. The van der Waals surface area contributed by atoms with Crippen molar-refractivity contribution in [2.75, 3.05) is 32.7 Å². The quantitative estimate of drug-likeness (QED) is 0.467. The molecule has 4 aliphatic heterocycles. The van der Waals surface area contributed by atoms with Crippen LogP contribution in [0.15, 0.2) is 30.3 Å². The predicted molar refractivity (Wildman–Crippen MR) is 156 cm³/mol. The number of likely N-dealkylation sites (N-methyl/N-ethyl adjacent to an activating group) is 1. The summed E-state index contributed by atoms with van der Waals surface area (Å²) in [7, 11) is 0. The van der Waals surface area contributed by atoms with Crippen molar-refractivity contribution in [1.82, 2.24) is 19.6 Å². The minimum absolute atomic E-state index is 0. The molecule has 6 nitrogen and oxygen atoms in total. The van der Waals surface area contributed by atoms with Crippen LogP contribution in [0.5, 0.6) is 0 Å². The summed E-state index contributed by atoms with van der Waals surface area (Å²) in [5.74, 6) is 1.13. The Bertz CT molecular complexity index is 979. The van der Waals surface area contributed by atoms with E-state index in [9.17, 15) is 9.59 Å². The summed E-state index contributed by atoms with van der Waals surface area (Å²) in [6, 6.07) is 12.4. The minimum Gasteiger partial charge on any atom is -0.342 e. The summed E-state index contributed by atoms with van der Waals surface area (Å²) in [4.78, 5) is 35.7. The van der Waals surface area contributed by atoms with E-state index in [-0.39, 0.29) is 35.4 Å². The van der Waals surface area contributed by atoms with Gasteiger partial charge in [0.15, 0.2) is 0 Å². The van der Waals surface area contributed by atoms with Crippen molar-refractivity contribution in [1.29, 1.82) is 0 Å². The number of carbonyl (C=O) groups is 2.